The van der Waals surface area contributed by atoms with E-state index in [1.807, 2.05) is 0 Å². The zero-order chi connectivity index (χ0) is 24.7. The van der Waals surface area contributed by atoms with Crippen LogP contribution in [0.3, 0.4) is 0 Å². The first-order valence-corrected chi connectivity index (χ1v) is 10.6. The summed E-state index contributed by atoms with van der Waals surface area (Å²) in [6.07, 6.45) is -4.81. The van der Waals surface area contributed by atoms with E-state index in [1.54, 1.807) is 0 Å². The molecule has 1 aromatic carbocycles. The molecule has 1 heterocycles. The molecule has 1 fully saturated rings. The summed E-state index contributed by atoms with van der Waals surface area (Å²) < 4.78 is 27.0. The second-order valence-electron chi connectivity index (χ2n) is 6.94. The largest absolute Gasteiger partial charge is 0.463 e. The number of rotatable bonds is 8. The maximum atomic E-state index is 11.8. The Kier molecular flexibility index (Phi) is 9.17. The monoisotopic (exact) mass is 485 g/mol. The van der Waals surface area contributed by atoms with Crippen molar-refractivity contribution in [2.24, 2.45) is 0 Å². The van der Waals surface area contributed by atoms with Gasteiger partial charge in [0, 0.05) is 44.7 Å². The summed E-state index contributed by atoms with van der Waals surface area (Å²) in [7, 11) is 0. The van der Waals surface area contributed by atoms with E-state index in [0.29, 0.717) is 4.90 Å². The fourth-order valence-electron chi connectivity index (χ4n) is 3.06. The standard InChI is InChI=1S/C20H23NO11S/c1-10(22)28-9-16-17(29-11(2)23)18(30-12(3)24)19(31-13(4)25)20(32-16)33-15-7-5-14(6-8-15)21(26)27/h5-8,16-20H,9H2,1-4H3/t16?,17-,18+,19?,20+/m1/s1. The summed E-state index contributed by atoms with van der Waals surface area (Å²) in [6, 6.07) is 5.51. The number of esters is 4. The molecule has 12 nitrogen and oxygen atoms in total. The topological polar surface area (TPSA) is 158 Å². The lowest BCUT2D eigenvalue weighted by Gasteiger charge is -2.44. The van der Waals surface area contributed by atoms with Gasteiger partial charge in [0.15, 0.2) is 18.3 Å². The average molecular weight is 485 g/mol. The van der Waals surface area contributed by atoms with E-state index >= 15 is 0 Å². The van der Waals surface area contributed by atoms with Gasteiger partial charge in [-0.1, -0.05) is 11.8 Å². The average Bonchev–Trinajstić information content (AvgIpc) is 2.70. The molecule has 13 heteroatoms. The smallest absolute Gasteiger partial charge is 0.303 e. The van der Waals surface area contributed by atoms with Crippen molar-refractivity contribution in [3.63, 3.8) is 0 Å². The third kappa shape index (κ3) is 7.71. The molecule has 180 valence electrons. The number of carbonyl (C=O) groups is 4. The Morgan fingerprint density at radius 2 is 1.39 bits per heavy atom. The number of nitro groups is 1. The summed E-state index contributed by atoms with van der Waals surface area (Å²) >= 11 is 1.03. The molecule has 0 saturated carbocycles. The zero-order valence-corrected chi connectivity index (χ0v) is 19.1. The Labute approximate surface area is 193 Å². The number of thioether (sulfide) groups is 1. The first kappa shape index (κ1) is 26.1. The van der Waals surface area contributed by atoms with Crippen LogP contribution in [0.4, 0.5) is 5.69 Å². The van der Waals surface area contributed by atoms with Crippen molar-refractivity contribution in [1.29, 1.82) is 0 Å². The number of nitrogens with zero attached hydrogens (tertiary/aromatic N) is 1. The number of non-ortho nitro benzene ring substituents is 1. The van der Waals surface area contributed by atoms with Crippen LogP contribution in [-0.4, -0.2) is 65.3 Å². The highest BCUT2D eigenvalue weighted by Crippen LogP contribution is 2.38. The highest BCUT2D eigenvalue weighted by atomic mass is 32.2. The molecule has 5 atom stereocenters. The van der Waals surface area contributed by atoms with Crippen molar-refractivity contribution in [3.05, 3.63) is 34.4 Å². The number of hydrogen-bond donors (Lipinski definition) is 0. The molecule has 0 aliphatic carbocycles. The van der Waals surface area contributed by atoms with Gasteiger partial charge in [-0.05, 0) is 12.1 Å². The van der Waals surface area contributed by atoms with Crippen LogP contribution >= 0.6 is 11.8 Å². The first-order valence-electron chi connectivity index (χ1n) is 9.69. The van der Waals surface area contributed by atoms with Crippen LogP contribution in [-0.2, 0) is 42.9 Å². The highest BCUT2D eigenvalue weighted by molar-refractivity contribution is 7.99. The first-order chi connectivity index (χ1) is 15.5. The maximum absolute atomic E-state index is 11.8. The van der Waals surface area contributed by atoms with E-state index in [0.717, 1.165) is 32.5 Å². The van der Waals surface area contributed by atoms with E-state index < -0.39 is 58.7 Å². The third-order valence-corrected chi connectivity index (χ3v) is 5.40. The van der Waals surface area contributed by atoms with Crippen LogP contribution in [0.15, 0.2) is 29.2 Å². The fourth-order valence-corrected chi connectivity index (χ4v) is 4.17. The quantitative estimate of drug-likeness (QED) is 0.228. The molecule has 0 bridgehead atoms. The molecular weight excluding hydrogens is 462 g/mol. The molecule has 1 aromatic rings. The Hall–Kier alpha value is -3.19. The number of ether oxygens (including phenoxy) is 5. The van der Waals surface area contributed by atoms with E-state index in [1.165, 1.54) is 31.2 Å². The van der Waals surface area contributed by atoms with Gasteiger partial charge in [-0.2, -0.15) is 0 Å². The van der Waals surface area contributed by atoms with Gasteiger partial charge >= 0.3 is 23.9 Å². The summed E-state index contributed by atoms with van der Waals surface area (Å²) in [5.41, 5.74) is -1.13. The van der Waals surface area contributed by atoms with Gasteiger partial charge in [-0.15, -0.1) is 0 Å². The minimum Gasteiger partial charge on any atom is -0.463 e. The number of hydrogen-bond acceptors (Lipinski definition) is 12. The third-order valence-electron chi connectivity index (χ3n) is 4.25. The van der Waals surface area contributed by atoms with Gasteiger partial charge in [0.2, 0.25) is 0 Å². The van der Waals surface area contributed by atoms with Crippen LogP contribution in [0.25, 0.3) is 0 Å². The molecule has 1 saturated heterocycles. The molecule has 1 aliphatic rings. The van der Waals surface area contributed by atoms with Crippen molar-refractivity contribution in [1.82, 2.24) is 0 Å². The van der Waals surface area contributed by atoms with Crippen LogP contribution in [0.5, 0.6) is 0 Å². The van der Waals surface area contributed by atoms with Gasteiger partial charge in [-0.25, -0.2) is 0 Å². The second kappa shape index (κ2) is 11.6. The van der Waals surface area contributed by atoms with Crippen molar-refractivity contribution in [2.45, 2.75) is 62.4 Å². The van der Waals surface area contributed by atoms with Crippen LogP contribution in [0.1, 0.15) is 27.7 Å². The predicted octanol–water partition coefficient (Wildman–Crippen LogP) is 1.77. The number of carbonyl (C=O) groups excluding carboxylic acids is 4. The van der Waals surface area contributed by atoms with Crippen molar-refractivity contribution in [3.8, 4) is 0 Å². The maximum Gasteiger partial charge on any atom is 0.303 e. The molecule has 0 aromatic heterocycles. The normalized spacial score (nSPS) is 24.3. The van der Waals surface area contributed by atoms with Gasteiger partial charge in [0.05, 0.1) is 4.92 Å². The van der Waals surface area contributed by atoms with Gasteiger partial charge in [0.25, 0.3) is 5.69 Å². The highest BCUT2D eigenvalue weighted by Gasteiger charge is 2.52. The molecule has 1 aliphatic heterocycles. The number of nitro benzene ring substituents is 1. The lowest BCUT2D eigenvalue weighted by Crippen LogP contribution is -2.61. The minimum atomic E-state index is -1.28. The van der Waals surface area contributed by atoms with E-state index in [9.17, 15) is 29.3 Å². The predicted molar refractivity (Wildman–Crippen MR) is 111 cm³/mol. The Balaban J connectivity index is 2.43. The minimum absolute atomic E-state index is 0.124. The van der Waals surface area contributed by atoms with Crippen molar-refractivity contribution >= 4 is 41.3 Å². The van der Waals surface area contributed by atoms with Crippen molar-refractivity contribution in [2.75, 3.05) is 6.61 Å². The van der Waals surface area contributed by atoms with E-state index in [-0.39, 0.29) is 12.3 Å². The summed E-state index contributed by atoms with van der Waals surface area (Å²) in [6.45, 7) is 4.24. The van der Waals surface area contributed by atoms with Crippen LogP contribution in [0, 0.1) is 10.1 Å². The van der Waals surface area contributed by atoms with E-state index in [2.05, 4.69) is 0 Å². The van der Waals surface area contributed by atoms with Gasteiger partial charge in [0.1, 0.15) is 18.1 Å². The lowest BCUT2D eigenvalue weighted by molar-refractivity contribution is -0.384. The Bertz CT molecular complexity index is 904. The molecule has 0 spiro atoms. The summed E-state index contributed by atoms with van der Waals surface area (Å²) in [5, 5.41) is 10.9. The van der Waals surface area contributed by atoms with Crippen LogP contribution in [0.2, 0.25) is 0 Å². The van der Waals surface area contributed by atoms with Crippen LogP contribution < -0.4 is 0 Å². The molecule has 2 rings (SSSR count). The van der Waals surface area contributed by atoms with Gasteiger partial charge < -0.3 is 23.7 Å². The lowest BCUT2D eigenvalue weighted by atomic mass is 9.99. The zero-order valence-electron chi connectivity index (χ0n) is 18.2. The Morgan fingerprint density at radius 1 is 0.879 bits per heavy atom. The fraction of sp³-hybridized carbons (Fsp3) is 0.500. The molecule has 2 unspecified atom stereocenters. The summed E-state index contributed by atoms with van der Waals surface area (Å²) in [4.78, 5) is 57.5. The molecule has 0 amide bonds. The Morgan fingerprint density at radius 3 is 1.88 bits per heavy atom. The molecule has 0 radical (unpaired) electrons. The van der Waals surface area contributed by atoms with Crippen molar-refractivity contribution < 1.29 is 47.8 Å². The molecule has 33 heavy (non-hydrogen) atoms. The summed E-state index contributed by atoms with van der Waals surface area (Å²) in [5.74, 6) is -2.79. The SMILES string of the molecule is CC(=O)OCC1O[C@@H](Sc2ccc([N+](=O)[O-])cc2)C(OC(C)=O)[C@@H](OC(C)=O)[C@@H]1OC(C)=O. The van der Waals surface area contributed by atoms with E-state index in [4.69, 9.17) is 23.7 Å². The molecule has 0 N–H and O–H groups in total. The van der Waals surface area contributed by atoms with Gasteiger partial charge in [-0.3, -0.25) is 29.3 Å². The number of benzene rings is 1. The molecular formula is C20H23NO11S. The second-order valence-corrected chi connectivity index (χ2v) is 8.11.